The molecule has 102 valence electrons. The summed E-state index contributed by atoms with van der Waals surface area (Å²) in [6, 6.07) is 3.74. The summed E-state index contributed by atoms with van der Waals surface area (Å²) in [5.74, 6) is -0.272. The molecule has 0 spiro atoms. The maximum absolute atomic E-state index is 11.5. The second kappa shape index (κ2) is 6.39. The van der Waals surface area contributed by atoms with E-state index in [0.717, 1.165) is 0 Å². The Morgan fingerprint density at radius 2 is 2.11 bits per heavy atom. The molecular weight excluding hydrogens is 252 g/mol. The zero-order valence-electron chi connectivity index (χ0n) is 10.5. The molecule has 0 bridgehead atoms. The number of primary amides is 1. The molecule has 19 heavy (non-hydrogen) atoms. The van der Waals surface area contributed by atoms with E-state index in [2.05, 4.69) is 0 Å². The van der Waals surface area contributed by atoms with Gasteiger partial charge in [0.05, 0.1) is 12.7 Å². The van der Waals surface area contributed by atoms with Crippen molar-refractivity contribution in [3.05, 3.63) is 23.8 Å². The fourth-order valence-electron chi connectivity index (χ4n) is 1.37. The normalized spacial score (nSPS) is 11.3. The van der Waals surface area contributed by atoms with Crippen molar-refractivity contribution >= 4 is 18.2 Å². The first-order valence-electron chi connectivity index (χ1n) is 5.38. The van der Waals surface area contributed by atoms with Gasteiger partial charge in [0.25, 0.3) is 5.91 Å². The van der Waals surface area contributed by atoms with Gasteiger partial charge in [0.15, 0.2) is 23.9 Å². The molecule has 1 atom stereocenters. The number of carbonyl (C=O) groups excluding carboxylic acids is 3. The molecule has 0 aliphatic carbocycles. The number of imide groups is 1. The molecule has 0 heterocycles. The van der Waals surface area contributed by atoms with Gasteiger partial charge in [-0.2, -0.15) is 0 Å². The van der Waals surface area contributed by atoms with Crippen LogP contribution in [-0.2, 0) is 4.79 Å². The monoisotopic (exact) mass is 266 g/mol. The highest BCUT2D eigenvalue weighted by Gasteiger charge is 2.20. The molecule has 7 nitrogen and oxygen atoms in total. The van der Waals surface area contributed by atoms with Gasteiger partial charge in [-0.05, 0) is 19.1 Å². The van der Waals surface area contributed by atoms with Crippen LogP contribution in [0.1, 0.15) is 17.3 Å². The summed E-state index contributed by atoms with van der Waals surface area (Å²) in [6.07, 6.45) is -0.432. The molecule has 0 aromatic heterocycles. The highest BCUT2D eigenvalue weighted by Crippen LogP contribution is 2.30. The summed E-state index contributed by atoms with van der Waals surface area (Å²) in [5, 5.41) is 1.88. The molecule has 1 aromatic carbocycles. The maximum Gasteiger partial charge on any atom is 0.318 e. The molecule has 3 amide bonds. The number of benzene rings is 1. The number of hydrogen-bond acceptors (Lipinski definition) is 5. The second-order valence-electron chi connectivity index (χ2n) is 3.61. The van der Waals surface area contributed by atoms with Gasteiger partial charge in [0, 0.05) is 0 Å². The summed E-state index contributed by atoms with van der Waals surface area (Å²) in [6.45, 7) is 1.42. The van der Waals surface area contributed by atoms with Gasteiger partial charge in [-0.1, -0.05) is 6.07 Å². The molecule has 0 saturated carbocycles. The Balaban J connectivity index is 2.95. The smallest absolute Gasteiger partial charge is 0.318 e. The lowest BCUT2D eigenvalue weighted by Crippen LogP contribution is -2.42. The first kappa shape index (κ1) is 14.5. The molecule has 0 radical (unpaired) electrons. The maximum atomic E-state index is 11.5. The van der Waals surface area contributed by atoms with Crippen LogP contribution in [-0.4, -0.2) is 31.4 Å². The Morgan fingerprint density at radius 1 is 1.42 bits per heavy atom. The van der Waals surface area contributed by atoms with E-state index in [0.29, 0.717) is 12.0 Å². The van der Waals surface area contributed by atoms with Crippen molar-refractivity contribution in [3.63, 3.8) is 0 Å². The highest BCUT2D eigenvalue weighted by molar-refractivity contribution is 5.96. The molecule has 1 rings (SSSR count). The SMILES string of the molecule is COc1cccc(C=O)c1OC(C)C(=O)NC(N)=O. The number of nitrogens with one attached hydrogen (secondary N) is 1. The van der Waals surface area contributed by atoms with Gasteiger partial charge < -0.3 is 15.2 Å². The van der Waals surface area contributed by atoms with E-state index in [1.54, 1.807) is 12.1 Å². The zero-order chi connectivity index (χ0) is 14.4. The number of carbonyl (C=O) groups is 3. The van der Waals surface area contributed by atoms with Crippen molar-refractivity contribution in [2.75, 3.05) is 7.11 Å². The van der Waals surface area contributed by atoms with Crippen molar-refractivity contribution in [1.29, 1.82) is 0 Å². The number of nitrogens with two attached hydrogens (primary N) is 1. The van der Waals surface area contributed by atoms with E-state index in [1.165, 1.54) is 20.1 Å². The fourth-order valence-corrected chi connectivity index (χ4v) is 1.37. The number of rotatable bonds is 5. The average Bonchev–Trinajstić information content (AvgIpc) is 2.37. The first-order chi connectivity index (χ1) is 8.99. The Kier molecular flexibility index (Phi) is 4.87. The summed E-state index contributed by atoms with van der Waals surface area (Å²) in [5.41, 5.74) is 5.06. The minimum absolute atomic E-state index is 0.132. The van der Waals surface area contributed by atoms with Crippen LogP contribution in [0.2, 0.25) is 0 Å². The Bertz CT molecular complexity index is 501. The van der Waals surface area contributed by atoms with Gasteiger partial charge in [-0.3, -0.25) is 14.9 Å². The van der Waals surface area contributed by atoms with Crippen LogP contribution in [0.25, 0.3) is 0 Å². The number of ether oxygens (including phenoxy) is 2. The van der Waals surface area contributed by atoms with E-state index >= 15 is 0 Å². The van der Waals surface area contributed by atoms with Crippen LogP contribution < -0.4 is 20.5 Å². The molecule has 0 aliphatic heterocycles. The predicted molar refractivity (Wildman–Crippen MR) is 66.2 cm³/mol. The van der Waals surface area contributed by atoms with Gasteiger partial charge in [-0.25, -0.2) is 4.79 Å². The van der Waals surface area contributed by atoms with E-state index in [9.17, 15) is 14.4 Å². The van der Waals surface area contributed by atoms with Crippen LogP contribution in [0.15, 0.2) is 18.2 Å². The number of aldehydes is 1. The largest absolute Gasteiger partial charge is 0.493 e. The van der Waals surface area contributed by atoms with E-state index in [-0.39, 0.29) is 11.3 Å². The Labute approximate surface area is 109 Å². The number of methoxy groups -OCH3 is 1. The third-order valence-corrected chi connectivity index (χ3v) is 2.27. The summed E-state index contributed by atoms with van der Waals surface area (Å²) < 4.78 is 10.4. The van der Waals surface area contributed by atoms with E-state index in [4.69, 9.17) is 15.2 Å². The molecule has 3 N–H and O–H groups in total. The Morgan fingerprint density at radius 3 is 2.63 bits per heavy atom. The minimum atomic E-state index is -1.01. The third kappa shape index (κ3) is 3.70. The first-order valence-corrected chi connectivity index (χ1v) is 5.38. The molecule has 7 heteroatoms. The number of para-hydroxylation sites is 1. The number of amides is 3. The lowest BCUT2D eigenvalue weighted by Gasteiger charge is -2.17. The number of urea groups is 1. The zero-order valence-corrected chi connectivity index (χ0v) is 10.5. The van der Waals surface area contributed by atoms with Crippen LogP contribution in [0, 0.1) is 0 Å². The summed E-state index contributed by atoms with van der Waals surface area (Å²) in [4.78, 5) is 33.0. The third-order valence-electron chi connectivity index (χ3n) is 2.27. The molecule has 1 aromatic rings. The van der Waals surface area contributed by atoms with Gasteiger partial charge in [-0.15, -0.1) is 0 Å². The van der Waals surface area contributed by atoms with Gasteiger partial charge in [0.2, 0.25) is 0 Å². The average molecular weight is 266 g/mol. The minimum Gasteiger partial charge on any atom is -0.493 e. The van der Waals surface area contributed by atoms with Crippen molar-refractivity contribution in [3.8, 4) is 11.5 Å². The van der Waals surface area contributed by atoms with Crippen molar-refractivity contribution in [1.82, 2.24) is 5.32 Å². The summed E-state index contributed by atoms with van der Waals surface area (Å²) in [7, 11) is 1.41. The van der Waals surface area contributed by atoms with E-state index < -0.39 is 18.0 Å². The van der Waals surface area contributed by atoms with Crippen LogP contribution in [0.3, 0.4) is 0 Å². The van der Waals surface area contributed by atoms with Crippen molar-refractivity contribution in [2.24, 2.45) is 5.73 Å². The predicted octanol–water partition coefficient (Wildman–Crippen LogP) is 0.470. The quantitative estimate of drug-likeness (QED) is 0.753. The lowest BCUT2D eigenvalue weighted by atomic mass is 10.2. The van der Waals surface area contributed by atoms with Crippen molar-refractivity contribution in [2.45, 2.75) is 13.0 Å². The van der Waals surface area contributed by atoms with Crippen LogP contribution in [0.4, 0.5) is 4.79 Å². The van der Waals surface area contributed by atoms with Crippen LogP contribution >= 0.6 is 0 Å². The lowest BCUT2D eigenvalue weighted by molar-refractivity contribution is -0.126. The number of hydrogen-bond donors (Lipinski definition) is 2. The van der Waals surface area contributed by atoms with Gasteiger partial charge in [0.1, 0.15) is 0 Å². The van der Waals surface area contributed by atoms with E-state index in [1.807, 2.05) is 5.32 Å². The van der Waals surface area contributed by atoms with Gasteiger partial charge >= 0.3 is 6.03 Å². The van der Waals surface area contributed by atoms with Crippen LogP contribution in [0.5, 0.6) is 11.5 Å². The fraction of sp³-hybridized carbons (Fsp3) is 0.250. The standard InChI is InChI=1S/C12H14N2O5/c1-7(11(16)14-12(13)17)19-10-8(6-15)4-3-5-9(10)18-2/h3-7H,1-2H3,(H3,13,14,16,17). The molecule has 0 aliphatic rings. The molecular formula is C12H14N2O5. The molecule has 0 fully saturated rings. The Hall–Kier alpha value is -2.57. The summed E-state index contributed by atoms with van der Waals surface area (Å²) >= 11 is 0. The van der Waals surface area contributed by atoms with Crippen molar-refractivity contribution < 1.29 is 23.9 Å². The highest BCUT2D eigenvalue weighted by atomic mass is 16.5. The molecule has 1 unspecified atom stereocenters. The molecule has 0 saturated heterocycles. The second-order valence-corrected chi connectivity index (χ2v) is 3.61. The topological polar surface area (TPSA) is 108 Å².